The van der Waals surface area contributed by atoms with E-state index in [4.69, 9.17) is 4.74 Å². The summed E-state index contributed by atoms with van der Waals surface area (Å²) in [7, 11) is 1.57. The van der Waals surface area contributed by atoms with Crippen LogP contribution >= 0.6 is 0 Å². The predicted molar refractivity (Wildman–Crippen MR) is 71.5 cm³/mol. The predicted octanol–water partition coefficient (Wildman–Crippen LogP) is 3.32. The van der Waals surface area contributed by atoms with Gasteiger partial charge in [0.05, 0.1) is 13.2 Å². The lowest BCUT2D eigenvalue weighted by atomic mass is 10.0. The summed E-state index contributed by atoms with van der Waals surface area (Å²) in [5.74, 6) is 0.976. The quantitative estimate of drug-likeness (QED) is 0.924. The molecule has 0 saturated heterocycles. The molecule has 0 fully saturated rings. The van der Waals surface area contributed by atoms with Gasteiger partial charge >= 0.3 is 6.18 Å². The molecule has 4 nitrogen and oxygen atoms in total. The monoisotopic (exact) mass is 297 g/mol. The van der Waals surface area contributed by atoms with Crippen LogP contribution in [0.25, 0.3) is 0 Å². The normalized spacial score (nSPS) is 18.0. The van der Waals surface area contributed by atoms with Gasteiger partial charge in [-0.15, -0.1) is 0 Å². The molecule has 0 spiro atoms. The molecule has 0 saturated carbocycles. The zero-order chi connectivity index (χ0) is 15.0. The minimum Gasteiger partial charge on any atom is -0.497 e. The summed E-state index contributed by atoms with van der Waals surface area (Å²) >= 11 is 0. The molecule has 2 aromatic rings. The molecule has 0 aliphatic carbocycles. The fraction of sp³-hybridized carbons (Fsp3) is 0.357. The topological polar surface area (TPSA) is 39.1 Å². The Balaban J connectivity index is 1.97. The summed E-state index contributed by atoms with van der Waals surface area (Å²) in [6.07, 6.45) is -2.67. The van der Waals surface area contributed by atoms with Gasteiger partial charge in [-0.3, -0.25) is 0 Å². The number of hydrogen-bond donors (Lipinski definition) is 1. The molecule has 1 unspecified atom stereocenters. The molecule has 3 rings (SSSR count). The van der Waals surface area contributed by atoms with Crippen LogP contribution in [-0.4, -0.2) is 23.2 Å². The summed E-state index contributed by atoms with van der Waals surface area (Å²) in [6.45, 7) is 0.588. The van der Waals surface area contributed by atoms with Gasteiger partial charge in [0.15, 0.2) is 5.69 Å². The van der Waals surface area contributed by atoms with E-state index < -0.39 is 11.9 Å². The summed E-state index contributed by atoms with van der Waals surface area (Å²) in [5, 5.41) is 2.90. The van der Waals surface area contributed by atoms with Crippen molar-refractivity contribution < 1.29 is 17.9 Å². The van der Waals surface area contributed by atoms with Crippen molar-refractivity contribution in [2.24, 2.45) is 0 Å². The van der Waals surface area contributed by atoms with E-state index in [-0.39, 0.29) is 12.0 Å². The first-order valence-electron chi connectivity index (χ1n) is 6.53. The highest BCUT2D eigenvalue weighted by atomic mass is 19.4. The van der Waals surface area contributed by atoms with Crippen molar-refractivity contribution >= 4 is 5.95 Å². The summed E-state index contributed by atoms with van der Waals surface area (Å²) < 4.78 is 45.0. The largest absolute Gasteiger partial charge is 0.497 e. The fourth-order valence-electron chi connectivity index (χ4n) is 2.51. The highest BCUT2D eigenvalue weighted by Crippen LogP contribution is 2.35. The Labute approximate surface area is 119 Å². The van der Waals surface area contributed by atoms with Crippen LogP contribution in [0.15, 0.2) is 30.5 Å². The molecule has 1 N–H and O–H groups in total. The van der Waals surface area contributed by atoms with Crippen molar-refractivity contribution in [2.45, 2.75) is 18.6 Å². The number of aromatic nitrogens is 2. The molecule has 21 heavy (non-hydrogen) atoms. The average molecular weight is 297 g/mol. The lowest BCUT2D eigenvalue weighted by molar-refractivity contribution is -0.140. The first-order chi connectivity index (χ1) is 9.99. The Bertz CT molecular complexity index is 634. The van der Waals surface area contributed by atoms with E-state index in [0.29, 0.717) is 13.0 Å². The van der Waals surface area contributed by atoms with Crippen LogP contribution in [0.1, 0.15) is 23.7 Å². The third kappa shape index (κ3) is 2.55. The molecular weight excluding hydrogens is 283 g/mol. The Morgan fingerprint density at radius 3 is 2.62 bits per heavy atom. The van der Waals surface area contributed by atoms with Crippen molar-refractivity contribution in [1.29, 1.82) is 0 Å². The van der Waals surface area contributed by atoms with Crippen LogP contribution in [0.5, 0.6) is 5.75 Å². The fourth-order valence-corrected chi connectivity index (χ4v) is 2.51. The number of anilines is 1. The van der Waals surface area contributed by atoms with Gasteiger partial charge in [0.25, 0.3) is 0 Å². The number of rotatable bonds is 2. The maximum Gasteiger partial charge on any atom is 0.434 e. The molecule has 7 heteroatoms. The van der Waals surface area contributed by atoms with Crippen LogP contribution < -0.4 is 10.1 Å². The lowest BCUT2D eigenvalue weighted by Gasteiger charge is -2.26. The Morgan fingerprint density at radius 1 is 1.29 bits per heavy atom. The number of imidazole rings is 1. The molecule has 1 aliphatic rings. The average Bonchev–Trinajstić information content (AvgIpc) is 2.91. The Kier molecular flexibility index (Phi) is 3.27. The minimum absolute atomic E-state index is 0.157. The molecular formula is C14H14F3N3O. The van der Waals surface area contributed by atoms with Crippen LogP contribution in [0.3, 0.4) is 0 Å². The molecule has 2 heterocycles. The second-order valence-electron chi connectivity index (χ2n) is 4.86. The van der Waals surface area contributed by atoms with Crippen LogP contribution in [0, 0.1) is 0 Å². The maximum atomic E-state index is 12.8. The van der Waals surface area contributed by atoms with Gasteiger partial charge in [-0.1, -0.05) is 12.1 Å². The van der Waals surface area contributed by atoms with Crippen molar-refractivity contribution in [3.8, 4) is 5.75 Å². The highest BCUT2D eigenvalue weighted by molar-refractivity contribution is 5.38. The second kappa shape index (κ2) is 4.98. The van der Waals surface area contributed by atoms with Crippen molar-refractivity contribution in [3.05, 3.63) is 41.7 Å². The number of nitrogens with zero attached hydrogens (tertiary/aromatic N) is 2. The number of halogens is 3. The van der Waals surface area contributed by atoms with E-state index >= 15 is 0 Å². The van der Waals surface area contributed by atoms with Gasteiger partial charge in [-0.25, -0.2) is 4.98 Å². The lowest BCUT2D eigenvalue weighted by Crippen LogP contribution is -2.23. The minimum atomic E-state index is -4.43. The van der Waals surface area contributed by atoms with Gasteiger partial charge in [0.1, 0.15) is 5.75 Å². The van der Waals surface area contributed by atoms with Gasteiger partial charge in [0, 0.05) is 12.7 Å². The first kappa shape index (κ1) is 13.8. The molecule has 0 amide bonds. The Morgan fingerprint density at radius 2 is 2.00 bits per heavy atom. The zero-order valence-electron chi connectivity index (χ0n) is 11.3. The summed E-state index contributed by atoms with van der Waals surface area (Å²) in [5.41, 5.74) is 0.0649. The highest BCUT2D eigenvalue weighted by Gasteiger charge is 2.36. The molecule has 1 aliphatic heterocycles. The van der Waals surface area contributed by atoms with Crippen molar-refractivity contribution in [1.82, 2.24) is 9.55 Å². The number of benzene rings is 1. The number of nitrogens with one attached hydrogen (secondary N) is 1. The summed E-state index contributed by atoms with van der Waals surface area (Å²) in [4.78, 5) is 3.63. The Hall–Kier alpha value is -2.18. The zero-order valence-corrected chi connectivity index (χ0v) is 11.3. The van der Waals surface area contributed by atoms with E-state index in [1.165, 1.54) is 0 Å². The van der Waals surface area contributed by atoms with E-state index in [1.54, 1.807) is 23.8 Å². The van der Waals surface area contributed by atoms with Crippen LogP contribution in [0.4, 0.5) is 19.1 Å². The number of alkyl halides is 3. The van der Waals surface area contributed by atoms with Crippen LogP contribution in [-0.2, 0) is 6.18 Å². The molecule has 1 aromatic carbocycles. The smallest absolute Gasteiger partial charge is 0.434 e. The van der Waals surface area contributed by atoms with Gasteiger partial charge in [0.2, 0.25) is 5.95 Å². The first-order valence-corrected chi connectivity index (χ1v) is 6.53. The number of hydrogen-bond acceptors (Lipinski definition) is 3. The van der Waals surface area contributed by atoms with E-state index in [1.807, 2.05) is 12.1 Å². The molecule has 1 atom stereocenters. The maximum absolute atomic E-state index is 12.8. The molecule has 112 valence electrons. The van der Waals surface area contributed by atoms with Gasteiger partial charge < -0.3 is 14.6 Å². The van der Waals surface area contributed by atoms with Crippen molar-refractivity contribution in [2.75, 3.05) is 19.0 Å². The van der Waals surface area contributed by atoms with Crippen LogP contribution in [0.2, 0.25) is 0 Å². The third-order valence-corrected chi connectivity index (χ3v) is 3.56. The SMILES string of the molecule is COc1ccc(C2CCNc3nc(C(F)(F)F)cn32)cc1. The van der Waals surface area contributed by atoms with E-state index in [9.17, 15) is 13.2 Å². The molecule has 0 radical (unpaired) electrons. The van der Waals surface area contributed by atoms with E-state index in [2.05, 4.69) is 10.3 Å². The summed E-state index contributed by atoms with van der Waals surface area (Å²) in [6, 6.07) is 7.19. The van der Waals surface area contributed by atoms with Gasteiger partial charge in [-0.2, -0.15) is 13.2 Å². The van der Waals surface area contributed by atoms with Crippen molar-refractivity contribution in [3.63, 3.8) is 0 Å². The third-order valence-electron chi connectivity index (χ3n) is 3.56. The van der Waals surface area contributed by atoms with E-state index in [0.717, 1.165) is 17.5 Å². The number of methoxy groups -OCH3 is 1. The second-order valence-corrected chi connectivity index (χ2v) is 4.86. The standard InChI is InChI=1S/C14H14F3N3O/c1-21-10-4-2-9(3-5-10)11-6-7-18-13-19-12(8-20(11)13)14(15,16)17/h2-5,8,11H,6-7H2,1H3,(H,18,19). The molecule has 0 bridgehead atoms. The molecule has 1 aromatic heterocycles. The number of ether oxygens (including phenoxy) is 1. The number of fused-ring (bicyclic) bond motifs is 1. The van der Waals surface area contributed by atoms with Gasteiger partial charge in [-0.05, 0) is 24.1 Å².